The van der Waals surface area contributed by atoms with E-state index in [-0.39, 0.29) is 11.5 Å². The third-order valence-electron chi connectivity index (χ3n) is 3.59. The zero-order valence-electron chi connectivity index (χ0n) is 13.5. The van der Waals surface area contributed by atoms with Gasteiger partial charge in [-0.2, -0.15) is 0 Å². The van der Waals surface area contributed by atoms with Crippen LogP contribution in [-0.2, 0) is 21.3 Å². The Morgan fingerprint density at radius 1 is 0.923 bits per heavy atom. The lowest BCUT2D eigenvalue weighted by Gasteiger charge is -1.99. The normalized spacial score (nSPS) is 11.7. The van der Waals surface area contributed by atoms with E-state index in [0.29, 0.717) is 28.0 Å². The summed E-state index contributed by atoms with van der Waals surface area (Å²) in [7, 11) is -3.42. The van der Waals surface area contributed by atoms with Gasteiger partial charge in [-0.15, -0.1) is 11.3 Å². The van der Waals surface area contributed by atoms with Gasteiger partial charge in [0, 0.05) is 10.9 Å². The van der Waals surface area contributed by atoms with Crippen molar-refractivity contribution >= 4 is 21.2 Å². The Hall–Kier alpha value is -2.71. The summed E-state index contributed by atoms with van der Waals surface area (Å²) >= 11 is 1.35. The smallest absolute Gasteiger partial charge is 0.226 e. The molecule has 0 bridgehead atoms. The summed E-state index contributed by atoms with van der Waals surface area (Å²) in [5.74, 6) is 0.682. The van der Waals surface area contributed by atoms with Gasteiger partial charge in [0.2, 0.25) is 5.89 Å². The fraction of sp³-hybridized carbons (Fsp3) is 0.111. The molecular formula is C18H14N2O4S2. The minimum atomic E-state index is -3.42. The second-order valence-corrected chi connectivity index (χ2v) is 8.59. The maximum absolute atomic E-state index is 12.5. The van der Waals surface area contributed by atoms with Gasteiger partial charge < -0.3 is 8.83 Å². The highest BCUT2D eigenvalue weighted by molar-refractivity contribution is 7.89. The maximum atomic E-state index is 12.5. The molecule has 0 aliphatic carbocycles. The third kappa shape index (κ3) is 3.76. The molecule has 0 aliphatic rings. The molecule has 0 saturated heterocycles. The highest BCUT2D eigenvalue weighted by Gasteiger charge is 2.19. The molecule has 0 amide bonds. The molecule has 0 radical (unpaired) electrons. The number of furan rings is 1. The Bertz CT molecular complexity index is 1100. The second-order valence-electron chi connectivity index (χ2n) is 5.66. The number of aromatic nitrogens is 2. The van der Waals surface area contributed by atoms with E-state index in [9.17, 15) is 8.42 Å². The molecule has 26 heavy (non-hydrogen) atoms. The average molecular weight is 386 g/mol. The minimum absolute atomic E-state index is 0.155. The quantitative estimate of drug-likeness (QED) is 0.494. The summed E-state index contributed by atoms with van der Waals surface area (Å²) in [6, 6.07) is 12.9. The van der Waals surface area contributed by atoms with Crippen molar-refractivity contribution in [1.29, 1.82) is 0 Å². The Labute approximate surface area is 154 Å². The van der Waals surface area contributed by atoms with Crippen LogP contribution in [0.2, 0.25) is 0 Å². The fourth-order valence-electron chi connectivity index (χ4n) is 2.47. The molecule has 0 atom stereocenters. The van der Waals surface area contributed by atoms with Crippen molar-refractivity contribution in [3.05, 3.63) is 71.8 Å². The Morgan fingerprint density at radius 2 is 1.73 bits per heavy atom. The van der Waals surface area contributed by atoms with E-state index in [0.717, 1.165) is 5.56 Å². The number of sulfone groups is 1. The van der Waals surface area contributed by atoms with Crippen LogP contribution in [-0.4, -0.2) is 18.4 Å². The Morgan fingerprint density at radius 3 is 2.50 bits per heavy atom. The van der Waals surface area contributed by atoms with Crippen LogP contribution in [0.4, 0.5) is 0 Å². The number of rotatable bonds is 6. The zero-order chi connectivity index (χ0) is 18.0. The molecule has 8 heteroatoms. The van der Waals surface area contributed by atoms with Crippen LogP contribution in [0.5, 0.6) is 0 Å². The summed E-state index contributed by atoms with van der Waals surface area (Å²) in [5.41, 5.74) is 1.68. The van der Waals surface area contributed by atoms with Gasteiger partial charge in [-0.3, -0.25) is 0 Å². The third-order valence-corrected chi connectivity index (χ3v) is 5.97. The second kappa shape index (κ2) is 6.89. The maximum Gasteiger partial charge on any atom is 0.226 e. The monoisotopic (exact) mass is 386 g/mol. The largest absolute Gasteiger partial charge is 0.462 e. The van der Waals surface area contributed by atoms with Crippen LogP contribution in [0.15, 0.2) is 69.2 Å². The van der Waals surface area contributed by atoms with Crippen molar-refractivity contribution in [1.82, 2.24) is 9.97 Å². The molecular weight excluding hydrogens is 372 g/mol. The van der Waals surface area contributed by atoms with Gasteiger partial charge in [0.15, 0.2) is 20.6 Å². The van der Waals surface area contributed by atoms with E-state index in [2.05, 4.69) is 9.97 Å². The van der Waals surface area contributed by atoms with Crippen LogP contribution in [0, 0.1) is 0 Å². The number of benzene rings is 1. The first kappa shape index (κ1) is 16.7. The van der Waals surface area contributed by atoms with E-state index >= 15 is 0 Å². The van der Waals surface area contributed by atoms with Gasteiger partial charge in [0.05, 0.1) is 29.2 Å². The summed E-state index contributed by atoms with van der Waals surface area (Å²) in [6.45, 7) is 0. The van der Waals surface area contributed by atoms with Crippen molar-refractivity contribution in [3.63, 3.8) is 0 Å². The molecule has 4 rings (SSSR count). The minimum Gasteiger partial charge on any atom is -0.462 e. The van der Waals surface area contributed by atoms with Crippen molar-refractivity contribution in [3.8, 4) is 22.2 Å². The SMILES string of the molecule is O=S(=O)(Cc1coc(-c2ccccc2)n1)Cc1csc(-c2ccco2)n1. The molecule has 0 saturated carbocycles. The van der Waals surface area contributed by atoms with Crippen LogP contribution in [0.1, 0.15) is 11.4 Å². The van der Waals surface area contributed by atoms with Gasteiger partial charge in [0.25, 0.3) is 0 Å². The van der Waals surface area contributed by atoms with Crippen LogP contribution in [0.25, 0.3) is 22.2 Å². The van der Waals surface area contributed by atoms with Crippen LogP contribution in [0.3, 0.4) is 0 Å². The predicted octanol–water partition coefficient (Wildman–Crippen LogP) is 4.17. The molecule has 0 N–H and O–H groups in total. The van der Waals surface area contributed by atoms with E-state index < -0.39 is 9.84 Å². The molecule has 0 spiro atoms. The van der Waals surface area contributed by atoms with E-state index in [1.807, 2.05) is 30.3 Å². The highest BCUT2D eigenvalue weighted by Crippen LogP contribution is 2.25. The van der Waals surface area contributed by atoms with Gasteiger partial charge in [-0.25, -0.2) is 18.4 Å². The molecule has 0 fully saturated rings. The first-order valence-corrected chi connectivity index (χ1v) is 10.5. The van der Waals surface area contributed by atoms with Crippen molar-refractivity contribution < 1.29 is 17.3 Å². The molecule has 4 aromatic rings. The number of hydrogen-bond donors (Lipinski definition) is 0. The lowest BCUT2D eigenvalue weighted by Crippen LogP contribution is -2.08. The van der Waals surface area contributed by atoms with Gasteiger partial charge in [-0.05, 0) is 24.3 Å². The van der Waals surface area contributed by atoms with Crippen molar-refractivity contribution in [2.24, 2.45) is 0 Å². The summed E-state index contributed by atoms with van der Waals surface area (Å²) in [5, 5.41) is 2.39. The predicted molar refractivity (Wildman–Crippen MR) is 98.1 cm³/mol. The average Bonchev–Trinajstić information content (AvgIpc) is 3.36. The Kier molecular flexibility index (Phi) is 4.44. The van der Waals surface area contributed by atoms with Crippen LogP contribution < -0.4 is 0 Å². The van der Waals surface area contributed by atoms with Crippen molar-refractivity contribution in [2.75, 3.05) is 0 Å². The topological polar surface area (TPSA) is 86.2 Å². The summed E-state index contributed by atoms with van der Waals surface area (Å²) < 4.78 is 35.6. The van der Waals surface area contributed by atoms with Crippen LogP contribution >= 0.6 is 11.3 Å². The van der Waals surface area contributed by atoms with Crippen molar-refractivity contribution in [2.45, 2.75) is 11.5 Å². The highest BCUT2D eigenvalue weighted by atomic mass is 32.2. The van der Waals surface area contributed by atoms with Gasteiger partial charge in [0.1, 0.15) is 6.26 Å². The first-order valence-electron chi connectivity index (χ1n) is 7.78. The number of nitrogens with zero attached hydrogens (tertiary/aromatic N) is 2. The number of thiazole rings is 1. The van der Waals surface area contributed by atoms with Gasteiger partial charge in [-0.1, -0.05) is 18.2 Å². The number of hydrogen-bond acceptors (Lipinski definition) is 7. The fourth-order valence-corrected chi connectivity index (χ4v) is 4.65. The molecule has 0 unspecified atom stereocenters. The summed E-state index contributed by atoms with van der Waals surface area (Å²) in [6.07, 6.45) is 2.94. The molecule has 132 valence electrons. The van der Waals surface area contributed by atoms with E-state index in [1.165, 1.54) is 17.6 Å². The molecule has 3 aromatic heterocycles. The first-order chi connectivity index (χ1) is 12.6. The molecule has 6 nitrogen and oxygen atoms in total. The molecule has 3 heterocycles. The van der Waals surface area contributed by atoms with Gasteiger partial charge >= 0.3 is 0 Å². The molecule has 0 aliphatic heterocycles. The lowest BCUT2D eigenvalue weighted by atomic mass is 10.2. The standard InChI is InChI=1S/C18H14N2O4S2/c21-26(22,12-15-10-25-18(20-15)16-7-4-8-23-16)11-14-9-24-17(19-14)13-5-2-1-3-6-13/h1-10H,11-12H2. The zero-order valence-corrected chi connectivity index (χ0v) is 15.2. The van der Waals surface area contributed by atoms with E-state index in [1.54, 1.807) is 23.8 Å². The summed E-state index contributed by atoms with van der Waals surface area (Å²) in [4.78, 5) is 8.61. The number of oxazole rings is 1. The Balaban J connectivity index is 1.47. The van der Waals surface area contributed by atoms with E-state index in [4.69, 9.17) is 8.83 Å². The lowest BCUT2D eigenvalue weighted by molar-refractivity contribution is 0.571. The molecule has 1 aromatic carbocycles.